The van der Waals surface area contributed by atoms with E-state index in [0.29, 0.717) is 0 Å². The van der Waals surface area contributed by atoms with E-state index in [1.165, 1.54) is 5.56 Å². The summed E-state index contributed by atoms with van der Waals surface area (Å²) in [5.41, 5.74) is 1.24. The van der Waals surface area contributed by atoms with Crippen LogP contribution < -0.4 is 10.2 Å². The summed E-state index contributed by atoms with van der Waals surface area (Å²) in [6.45, 7) is 8.83. The Kier molecular flexibility index (Phi) is 7.75. The molecule has 0 amide bonds. The highest BCUT2D eigenvalue weighted by atomic mass is 79.9. The van der Waals surface area contributed by atoms with Crippen molar-refractivity contribution in [2.45, 2.75) is 32.7 Å². The molecule has 1 heterocycles. The Bertz CT molecular complexity index is 393. The van der Waals surface area contributed by atoms with E-state index in [1.54, 1.807) is 0 Å². The molecule has 0 aromatic carbocycles. The minimum Gasteiger partial charge on any atom is -0.359 e. The Hall–Kier alpha value is -0.870. The van der Waals surface area contributed by atoms with Crippen LogP contribution in [-0.4, -0.2) is 25.1 Å². The van der Waals surface area contributed by atoms with Gasteiger partial charge in [-0.05, 0) is 47.8 Å². The molecule has 0 saturated carbocycles. The SMILES string of the molecule is C=CCCCN(C)c1ncc(Br)cc1CNCCC. The van der Waals surface area contributed by atoms with Gasteiger partial charge in [-0.25, -0.2) is 4.98 Å². The second-order valence-electron chi connectivity index (χ2n) is 4.67. The number of halogens is 1. The van der Waals surface area contributed by atoms with Gasteiger partial charge in [0.25, 0.3) is 0 Å². The average Bonchev–Trinajstić information content (AvgIpc) is 2.39. The molecule has 1 aromatic rings. The molecule has 1 rings (SSSR count). The first-order valence-electron chi connectivity index (χ1n) is 6.86. The molecule has 1 N–H and O–H groups in total. The quantitative estimate of drug-likeness (QED) is 0.553. The number of aromatic nitrogens is 1. The Morgan fingerprint density at radius 3 is 3.00 bits per heavy atom. The molecule has 0 bridgehead atoms. The van der Waals surface area contributed by atoms with Gasteiger partial charge in [0.2, 0.25) is 0 Å². The molecular weight excluding hydrogens is 302 g/mol. The first kappa shape index (κ1) is 16.2. The molecule has 19 heavy (non-hydrogen) atoms. The Morgan fingerprint density at radius 2 is 2.32 bits per heavy atom. The third-order valence-electron chi connectivity index (χ3n) is 2.92. The second-order valence-corrected chi connectivity index (χ2v) is 5.58. The van der Waals surface area contributed by atoms with Crippen molar-refractivity contribution in [3.05, 3.63) is 35.0 Å². The van der Waals surface area contributed by atoms with Crippen molar-refractivity contribution in [1.29, 1.82) is 0 Å². The van der Waals surface area contributed by atoms with Crippen LogP contribution in [0.25, 0.3) is 0 Å². The Labute approximate surface area is 125 Å². The summed E-state index contributed by atoms with van der Waals surface area (Å²) in [6, 6.07) is 2.15. The number of nitrogens with one attached hydrogen (secondary N) is 1. The van der Waals surface area contributed by atoms with E-state index in [0.717, 1.165) is 49.2 Å². The zero-order valence-electron chi connectivity index (χ0n) is 12.0. The van der Waals surface area contributed by atoms with E-state index in [1.807, 2.05) is 12.3 Å². The van der Waals surface area contributed by atoms with Gasteiger partial charge in [0.15, 0.2) is 0 Å². The zero-order valence-corrected chi connectivity index (χ0v) is 13.5. The fourth-order valence-corrected chi connectivity index (χ4v) is 2.31. The summed E-state index contributed by atoms with van der Waals surface area (Å²) in [5, 5.41) is 3.44. The molecule has 0 aliphatic carbocycles. The van der Waals surface area contributed by atoms with Gasteiger partial charge in [-0.3, -0.25) is 0 Å². The van der Waals surface area contributed by atoms with Crippen molar-refractivity contribution >= 4 is 21.7 Å². The first-order chi connectivity index (χ1) is 9.19. The summed E-state index contributed by atoms with van der Waals surface area (Å²) < 4.78 is 1.03. The molecule has 0 spiro atoms. The predicted molar refractivity (Wildman–Crippen MR) is 86.6 cm³/mol. The fourth-order valence-electron chi connectivity index (χ4n) is 1.93. The van der Waals surface area contributed by atoms with Crippen molar-refractivity contribution in [2.24, 2.45) is 0 Å². The molecule has 0 fully saturated rings. The normalized spacial score (nSPS) is 10.5. The fraction of sp³-hybridized carbons (Fsp3) is 0.533. The van der Waals surface area contributed by atoms with E-state index >= 15 is 0 Å². The summed E-state index contributed by atoms with van der Waals surface area (Å²) in [4.78, 5) is 6.77. The van der Waals surface area contributed by atoms with Crippen molar-refractivity contribution in [3.63, 3.8) is 0 Å². The molecule has 3 nitrogen and oxygen atoms in total. The number of unbranched alkanes of at least 4 members (excludes halogenated alkanes) is 1. The highest BCUT2D eigenvalue weighted by Gasteiger charge is 2.09. The maximum Gasteiger partial charge on any atom is 0.132 e. The van der Waals surface area contributed by atoms with Gasteiger partial charge in [-0.15, -0.1) is 6.58 Å². The maximum atomic E-state index is 4.55. The van der Waals surface area contributed by atoms with Crippen LogP contribution in [0.5, 0.6) is 0 Å². The summed E-state index contributed by atoms with van der Waals surface area (Å²) in [7, 11) is 2.10. The third-order valence-corrected chi connectivity index (χ3v) is 3.35. The first-order valence-corrected chi connectivity index (χ1v) is 7.65. The molecule has 0 radical (unpaired) electrons. The third kappa shape index (κ3) is 5.74. The number of anilines is 1. The van der Waals surface area contributed by atoms with Crippen LogP contribution in [0, 0.1) is 0 Å². The van der Waals surface area contributed by atoms with Gasteiger partial charge < -0.3 is 10.2 Å². The van der Waals surface area contributed by atoms with Gasteiger partial charge in [0.05, 0.1) is 0 Å². The number of nitrogens with zero attached hydrogens (tertiary/aromatic N) is 2. The lowest BCUT2D eigenvalue weighted by Crippen LogP contribution is -2.23. The van der Waals surface area contributed by atoms with Crippen LogP contribution in [0.1, 0.15) is 31.7 Å². The molecule has 106 valence electrons. The molecule has 1 aromatic heterocycles. The summed E-state index contributed by atoms with van der Waals surface area (Å²) in [5.74, 6) is 1.07. The Balaban J connectivity index is 2.71. The van der Waals surface area contributed by atoms with Gasteiger partial charge >= 0.3 is 0 Å². The average molecular weight is 326 g/mol. The molecule has 0 aliphatic heterocycles. The Morgan fingerprint density at radius 1 is 1.53 bits per heavy atom. The maximum absolute atomic E-state index is 4.55. The minimum atomic E-state index is 0.863. The van der Waals surface area contributed by atoms with Crippen molar-refractivity contribution in [2.75, 3.05) is 25.0 Å². The number of rotatable bonds is 9. The molecule has 4 heteroatoms. The van der Waals surface area contributed by atoms with Crippen LogP contribution in [-0.2, 0) is 6.54 Å². The number of pyridine rings is 1. The molecule has 0 atom stereocenters. The number of allylic oxidation sites excluding steroid dienone is 1. The van der Waals surface area contributed by atoms with Crippen molar-refractivity contribution in [1.82, 2.24) is 10.3 Å². The lowest BCUT2D eigenvalue weighted by molar-refractivity contribution is 0.670. The lowest BCUT2D eigenvalue weighted by Gasteiger charge is -2.21. The van der Waals surface area contributed by atoms with Crippen LogP contribution in [0.2, 0.25) is 0 Å². The highest BCUT2D eigenvalue weighted by Crippen LogP contribution is 2.21. The molecule has 0 saturated heterocycles. The van der Waals surface area contributed by atoms with Crippen LogP contribution in [0.4, 0.5) is 5.82 Å². The topological polar surface area (TPSA) is 28.2 Å². The zero-order chi connectivity index (χ0) is 14.1. The largest absolute Gasteiger partial charge is 0.359 e. The highest BCUT2D eigenvalue weighted by molar-refractivity contribution is 9.10. The van der Waals surface area contributed by atoms with Crippen molar-refractivity contribution < 1.29 is 0 Å². The van der Waals surface area contributed by atoms with Crippen molar-refractivity contribution in [3.8, 4) is 0 Å². The van der Waals surface area contributed by atoms with Gasteiger partial charge in [-0.2, -0.15) is 0 Å². The molecule has 0 unspecified atom stereocenters. The van der Waals surface area contributed by atoms with E-state index in [2.05, 4.69) is 57.7 Å². The standard InChI is InChI=1S/C15H24BrN3/c1-4-6-7-9-19(3)15-13(11-17-8-5-2)10-14(16)12-18-15/h4,10,12,17H,1,5-9,11H2,2-3H3. The monoisotopic (exact) mass is 325 g/mol. The van der Waals surface area contributed by atoms with Crippen LogP contribution in [0.3, 0.4) is 0 Å². The smallest absolute Gasteiger partial charge is 0.132 e. The van der Waals surface area contributed by atoms with E-state index < -0.39 is 0 Å². The van der Waals surface area contributed by atoms with Gasteiger partial charge in [0, 0.05) is 36.4 Å². The predicted octanol–water partition coefficient (Wildman–Crippen LogP) is 3.75. The summed E-state index contributed by atoms with van der Waals surface area (Å²) >= 11 is 3.50. The van der Waals surface area contributed by atoms with Gasteiger partial charge in [-0.1, -0.05) is 13.0 Å². The number of hydrogen-bond acceptors (Lipinski definition) is 3. The lowest BCUT2D eigenvalue weighted by atomic mass is 10.2. The number of hydrogen-bond donors (Lipinski definition) is 1. The van der Waals surface area contributed by atoms with Crippen LogP contribution in [0.15, 0.2) is 29.4 Å². The van der Waals surface area contributed by atoms with E-state index in [-0.39, 0.29) is 0 Å². The summed E-state index contributed by atoms with van der Waals surface area (Å²) in [6.07, 6.45) is 7.13. The molecule has 0 aliphatic rings. The van der Waals surface area contributed by atoms with E-state index in [4.69, 9.17) is 0 Å². The van der Waals surface area contributed by atoms with E-state index in [9.17, 15) is 0 Å². The second kappa shape index (κ2) is 9.10. The molecular formula is C15H24BrN3. The van der Waals surface area contributed by atoms with Gasteiger partial charge in [0.1, 0.15) is 5.82 Å². The van der Waals surface area contributed by atoms with Crippen LogP contribution >= 0.6 is 15.9 Å². The minimum absolute atomic E-state index is 0.863.